The first kappa shape index (κ1) is 16.1. The van der Waals surface area contributed by atoms with Crippen LogP contribution in [0.4, 0.5) is 5.69 Å². The molecule has 0 saturated heterocycles. The monoisotopic (exact) mass is 350 g/mol. The zero-order valence-corrected chi connectivity index (χ0v) is 13.8. The second kappa shape index (κ2) is 6.77. The minimum absolute atomic E-state index is 0.105. The van der Waals surface area contributed by atoms with E-state index in [1.165, 1.54) is 0 Å². The number of carbonyl (C=O) groups excluding carboxylic acids is 1. The van der Waals surface area contributed by atoms with Crippen molar-refractivity contribution >= 4 is 34.8 Å². The molecular weight excluding hydrogens is 335 g/mol. The number of hydrogen-bond donors (Lipinski definition) is 1. The largest absolute Gasteiger partial charge is 0.437 e. The maximum Gasteiger partial charge on any atom is 0.243 e. The lowest BCUT2D eigenvalue weighted by molar-refractivity contribution is -0.116. The van der Waals surface area contributed by atoms with Crippen LogP contribution in [-0.4, -0.2) is 15.2 Å². The molecule has 6 heteroatoms. The van der Waals surface area contributed by atoms with Gasteiger partial charge >= 0.3 is 0 Å². The van der Waals surface area contributed by atoms with Crippen LogP contribution in [0.1, 0.15) is 19.3 Å². The van der Waals surface area contributed by atoms with Crippen LogP contribution in [-0.2, 0) is 4.79 Å². The van der Waals surface area contributed by atoms with Crippen molar-refractivity contribution in [3.05, 3.63) is 48.7 Å². The Morgan fingerprint density at radius 3 is 2.70 bits per heavy atom. The molecule has 120 valence electrons. The summed E-state index contributed by atoms with van der Waals surface area (Å²) in [6.45, 7) is 0. The second-order valence-corrected chi connectivity index (χ2v) is 7.06. The van der Waals surface area contributed by atoms with Crippen LogP contribution >= 0.6 is 23.2 Å². The standard InChI is InChI=1S/C17H16Cl2N2O2/c18-17(19)11-12(17)8-9-15(22)21-14-7-4-10-20-16(14)23-13-5-2-1-3-6-13/h1-7,10,12H,8-9,11H2,(H,21,22). The van der Waals surface area contributed by atoms with Crippen molar-refractivity contribution in [3.63, 3.8) is 0 Å². The zero-order chi connectivity index (χ0) is 16.3. The number of alkyl halides is 2. The lowest BCUT2D eigenvalue weighted by Gasteiger charge is -2.11. The van der Waals surface area contributed by atoms with Gasteiger partial charge in [0.05, 0.1) is 0 Å². The van der Waals surface area contributed by atoms with Crippen molar-refractivity contribution in [1.82, 2.24) is 4.98 Å². The van der Waals surface area contributed by atoms with E-state index < -0.39 is 4.33 Å². The molecule has 1 saturated carbocycles. The summed E-state index contributed by atoms with van der Waals surface area (Å²) in [5, 5.41) is 2.83. The van der Waals surface area contributed by atoms with E-state index in [1.54, 1.807) is 18.3 Å². The summed E-state index contributed by atoms with van der Waals surface area (Å²) in [6.07, 6.45) is 3.41. The fourth-order valence-corrected chi connectivity index (χ4v) is 2.86. The van der Waals surface area contributed by atoms with E-state index in [1.807, 2.05) is 30.3 Å². The number of nitrogens with zero attached hydrogens (tertiary/aromatic N) is 1. The quantitative estimate of drug-likeness (QED) is 0.762. The van der Waals surface area contributed by atoms with E-state index in [4.69, 9.17) is 27.9 Å². The molecular formula is C17H16Cl2N2O2. The Bertz CT molecular complexity index is 692. The SMILES string of the molecule is O=C(CCC1CC1(Cl)Cl)Nc1cccnc1Oc1ccccc1. The lowest BCUT2D eigenvalue weighted by Crippen LogP contribution is -2.13. The molecule has 1 amide bonds. The number of benzene rings is 1. The topological polar surface area (TPSA) is 51.2 Å². The predicted octanol–water partition coefficient (Wildman–Crippen LogP) is 4.79. The number of anilines is 1. The summed E-state index contributed by atoms with van der Waals surface area (Å²) in [5.74, 6) is 1.12. The molecule has 23 heavy (non-hydrogen) atoms. The van der Waals surface area contributed by atoms with Crippen LogP contribution in [0.25, 0.3) is 0 Å². The van der Waals surface area contributed by atoms with Gasteiger partial charge in [0.1, 0.15) is 15.8 Å². The molecule has 1 N–H and O–H groups in total. The maximum absolute atomic E-state index is 12.1. The third-order valence-electron chi connectivity index (χ3n) is 3.68. The van der Waals surface area contributed by atoms with Crippen molar-refractivity contribution in [3.8, 4) is 11.6 Å². The number of pyridine rings is 1. The van der Waals surface area contributed by atoms with Gasteiger partial charge in [0.15, 0.2) is 0 Å². The van der Waals surface area contributed by atoms with Crippen LogP contribution in [0.3, 0.4) is 0 Å². The number of rotatable bonds is 6. The molecule has 4 nitrogen and oxygen atoms in total. The third-order valence-corrected chi connectivity index (χ3v) is 4.60. The summed E-state index contributed by atoms with van der Waals surface area (Å²) < 4.78 is 5.07. The number of ether oxygens (including phenoxy) is 1. The van der Waals surface area contributed by atoms with Gasteiger partial charge in [0.2, 0.25) is 11.8 Å². The number of nitrogens with one attached hydrogen (secondary N) is 1. The molecule has 0 aliphatic heterocycles. The number of hydrogen-bond acceptors (Lipinski definition) is 3. The van der Waals surface area contributed by atoms with E-state index in [2.05, 4.69) is 10.3 Å². The lowest BCUT2D eigenvalue weighted by atomic mass is 10.2. The van der Waals surface area contributed by atoms with Gasteiger partial charge in [-0.05, 0) is 43.0 Å². The number of carbonyl (C=O) groups is 1. The van der Waals surface area contributed by atoms with Crippen LogP contribution in [0.2, 0.25) is 0 Å². The van der Waals surface area contributed by atoms with Crippen LogP contribution < -0.4 is 10.1 Å². The molecule has 1 aromatic heterocycles. The summed E-state index contributed by atoms with van der Waals surface area (Å²) in [7, 11) is 0. The van der Waals surface area contributed by atoms with Crippen molar-refractivity contribution in [2.75, 3.05) is 5.32 Å². The molecule has 0 spiro atoms. The Morgan fingerprint density at radius 1 is 1.26 bits per heavy atom. The molecule has 1 aliphatic rings. The Kier molecular flexibility index (Phi) is 4.74. The highest BCUT2D eigenvalue weighted by atomic mass is 35.5. The van der Waals surface area contributed by atoms with Crippen LogP contribution in [0, 0.1) is 5.92 Å². The highest BCUT2D eigenvalue weighted by molar-refractivity contribution is 6.50. The van der Waals surface area contributed by atoms with Crippen LogP contribution in [0.15, 0.2) is 48.7 Å². The minimum atomic E-state index is -0.643. The van der Waals surface area contributed by atoms with Gasteiger partial charge in [-0.3, -0.25) is 4.79 Å². The Labute approximate surface area is 144 Å². The molecule has 1 fully saturated rings. The van der Waals surface area contributed by atoms with Gasteiger partial charge < -0.3 is 10.1 Å². The van der Waals surface area contributed by atoms with Crippen molar-refractivity contribution in [1.29, 1.82) is 0 Å². The molecule has 0 bridgehead atoms. The van der Waals surface area contributed by atoms with Gasteiger partial charge in [-0.2, -0.15) is 0 Å². The van der Waals surface area contributed by atoms with E-state index in [0.717, 1.165) is 6.42 Å². The van der Waals surface area contributed by atoms with E-state index in [0.29, 0.717) is 30.2 Å². The summed E-state index contributed by atoms with van der Waals surface area (Å²) in [4.78, 5) is 16.3. The maximum atomic E-state index is 12.1. The first-order chi connectivity index (χ1) is 11.0. The molecule has 2 aromatic rings. The summed E-state index contributed by atoms with van der Waals surface area (Å²) in [5.41, 5.74) is 0.542. The molecule has 1 aliphatic carbocycles. The van der Waals surface area contributed by atoms with Gasteiger partial charge in [-0.1, -0.05) is 18.2 Å². The molecule has 1 atom stereocenters. The van der Waals surface area contributed by atoms with E-state index in [-0.39, 0.29) is 11.8 Å². The Morgan fingerprint density at radius 2 is 2.00 bits per heavy atom. The minimum Gasteiger partial charge on any atom is -0.437 e. The third kappa shape index (κ3) is 4.36. The second-order valence-electron chi connectivity index (χ2n) is 5.52. The van der Waals surface area contributed by atoms with Crippen molar-refractivity contribution in [2.45, 2.75) is 23.6 Å². The number of amides is 1. The average molecular weight is 351 g/mol. The van der Waals surface area contributed by atoms with Crippen molar-refractivity contribution < 1.29 is 9.53 Å². The average Bonchev–Trinajstić information content (AvgIpc) is 3.15. The van der Waals surface area contributed by atoms with E-state index in [9.17, 15) is 4.79 Å². The summed E-state index contributed by atoms with van der Waals surface area (Å²) in [6, 6.07) is 12.8. The molecule has 1 heterocycles. The fraction of sp³-hybridized carbons (Fsp3) is 0.294. The fourth-order valence-electron chi connectivity index (χ4n) is 2.27. The number of para-hydroxylation sites is 1. The van der Waals surface area contributed by atoms with Crippen LogP contribution in [0.5, 0.6) is 11.6 Å². The van der Waals surface area contributed by atoms with Crippen molar-refractivity contribution in [2.24, 2.45) is 5.92 Å². The molecule has 0 radical (unpaired) electrons. The molecule has 1 unspecified atom stereocenters. The zero-order valence-electron chi connectivity index (χ0n) is 12.3. The van der Waals surface area contributed by atoms with Gasteiger partial charge in [-0.15, -0.1) is 23.2 Å². The highest BCUT2D eigenvalue weighted by Gasteiger charge is 2.50. The predicted molar refractivity (Wildman–Crippen MR) is 91.2 cm³/mol. The Balaban J connectivity index is 1.60. The number of halogens is 2. The molecule has 1 aromatic carbocycles. The smallest absolute Gasteiger partial charge is 0.243 e. The number of aromatic nitrogens is 1. The normalized spacial score (nSPS) is 18.3. The first-order valence-corrected chi connectivity index (χ1v) is 8.16. The van der Waals surface area contributed by atoms with E-state index >= 15 is 0 Å². The van der Waals surface area contributed by atoms with Gasteiger partial charge in [0.25, 0.3) is 0 Å². The van der Waals surface area contributed by atoms with Gasteiger partial charge in [0, 0.05) is 12.6 Å². The summed E-state index contributed by atoms with van der Waals surface area (Å²) >= 11 is 11.9. The Hall–Kier alpha value is -1.78. The first-order valence-electron chi connectivity index (χ1n) is 7.40. The van der Waals surface area contributed by atoms with Gasteiger partial charge in [-0.25, -0.2) is 4.98 Å². The molecule has 3 rings (SSSR count). The highest BCUT2D eigenvalue weighted by Crippen LogP contribution is 2.55.